The van der Waals surface area contributed by atoms with Gasteiger partial charge in [-0.3, -0.25) is 9.59 Å². The first-order chi connectivity index (χ1) is 9.37. The van der Waals surface area contributed by atoms with Crippen molar-refractivity contribution >= 4 is 23.2 Å². The molecule has 20 heavy (non-hydrogen) atoms. The summed E-state index contributed by atoms with van der Waals surface area (Å²) in [5, 5.41) is 5.47. The molecule has 5 nitrogen and oxygen atoms in total. The number of benzene rings is 1. The van der Waals surface area contributed by atoms with E-state index in [4.69, 9.17) is 5.73 Å². The summed E-state index contributed by atoms with van der Waals surface area (Å²) in [7, 11) is 0. The van der Waals surface area contributed by atoms with E-state index >= 15 is 0 Å². The van der Waals surface area contributed by atoms with Crippen LogP contribution in [-0.2, 0) is 9.59 Å². The second kappa shape index (κ2) is 4.31. The SMILES string of the molecule is CC1(C)CC1C(N)c1ccc2c(c1)NC(=O)CC(=O)N2. The van der Waals surface area contributed by atoms with Gasteiger partial charge in [-0.2, -0.15) is 0 Å². The van der Waals surface area contributed by atoms with Crippen LogP contribution >= 0.6 is 0 Å². The Balaban J connectivity index is 1.89. The second-order valence-electron chi connectivity index (χ2n) is 6.40. The second-order valence-corrected chi connectivity index (χ2v) is 6.40. The van der Waals surface area contributed by atoms with E-state index in [9.17, 15) is 9.59 Å². The van der Waals surface area contributed by atoms with Gasteiger partial charge in [-0.25, -0.2) is 0 Å². The Morgan fingerprint density at radius 3 is 2.40 bits per heavy atom. The van der Waals surface area contributed by atoms with E-state index in [2.05, 4.69) is 24.5 Å². The number of amides is 2. The molecule has 1 aliphatic heterocycles. The van der Waals surface area contributed by atoms with Crippen molar-refractivity contribution in [3.63, 3.8) is 0 Å². The van der Waals surface area contributed by atoms with Crippen LogP contribution in [0, 0.1) is 11.3 Å². The highest BCUT2D eigenvalue weighted by atomic mass is 16.2. The summed E-state index contributed by atoms with van der Waals surface area (Å²) in [5.41, 5.74) is 8.86. The minimum atomic E-state index is -0.293. The lowest BCUT2D eigenvalue weighted by atomic mass is 9.97. The Hall–Kier alpha value is -1.88. The molecule has 0 radical (unpaired) electrons. The Kier molecular flexibility index (Phi) is 2.83. The Labute approximate surface area is 117 Å². The number of fused-ring (bicyclic) bond motifs is 1. The van der Waals surface area contributed by atoms with Crippen molar-refractivity contribution in [2.45, 2.75) is 32.7 Å². The molecule has 1 saturated carbocycles. The molecule has 1 aromatic rings. The summed E-state index contributed by atoms with van der Waals surface area (Å²) < 4.78 is 0. The number of hydrogen-bond acceptors (Lipinski definition) is 3. The number of nitrogens with two attached hydrogens (primary N) is 1. The van der Waals surface area contributed by atoms with E-state index in [0.29, 0.717) is 22.7 Å². The molecule has 2 atom stereocenters. The van der Waals surface area contributed by atoms with Crippen molar-refractivity contribution < 1.29 is 9.59 Å². The normalized spacial score (nSPS) is 25.1. The third-order valence-corrected chi connectivity index (χ3v) is 4.32. The number of carbonyl (C=O) groups is 2. The molecule has 0 bridgehead atoms. The summed E-state index contributed by atoms with van der Waals surface area (Å²) in [6.07, 6.45) is 0.972. The first-order valence-corrected chi connectivity index (χ1v) is 6.86. The zero-order valence-electron chi connectivity index (χ0n) is 11.7. The van der Waals surface area contributed by atoms with E-state index in [1.165, 1.54) is 0 Å². The predicted molar refractivity (Wildman–Crippen MR) is 77.1 cm³/mol. The Morgan fingerprint density at radius 2 is 1.80 bits per heavy atom. The molecule has 2 amide bonds. The fourth-order valence-electron chi connectivity index (χ4n) is 2.87. The molecule has 1 fully saturated rings. The molecular formula is C15H19N3O2. The van der Waals surface area contributed by atoms with E-state index in [-0.39, 0.29) is 24.3 Å². The topological polar surface area (TPSA) is 84.2 Å². The number of carbonyl (C=O) groups excluding carboxylic acids is 2. The Bertz CT molecular complexity index is 595. The van der Waals surface area contributed by atoms with Gasteiger partial charge < -0.3 is 16.4 Å². The minimum absolute atomic E-state index is 0.0360. The van der Waals surface area contributed by atoms with Crippen LogP contribution in [0.15, 0.2) is 18.2 Å². The van der Waals surface area contributed by atoms with E-state index in [1.807, 2.05) is 18.2 Å². The highest BCUT2D eigenvalue weighted by Gasteiger charge is 2.49. The summed E-state index contributed by atoms with van der Waals surface area (Å²) in [5.74, 6) is -0.114. The molecule has 0 aromatic heterocycles. The molecule has 2 unspecified atom stereocenters. The first kappa shape index (κ1) is 13.1. The van der Waals surface area contributed by atoms with Crippen LogP contribution < -0.4 is 16.4 Å². The predicted octanol–water partition coefficient (Wildman–Crippen LogP) is 2.01. The van der Waals surface area contributed by atoms with Crippen LogP contribution in [0.5, 0.6) is 0 Å². The largest absolute Gasteiger partial charge is 0.324 e. The number of nitrogens with one attached hydrogen (secondary N) is 2. The maximum Gasteiger partial charge on any atom is 0.233 e. The number of hydrogen-bond donors (Lipinski definition) is 3. The summed E-state index contributed by atoms with van der Waals surface area (Å²) >= 11 is 0. The molecule has 5 heteroatoms. The molecule has 3 rings (SSSR count). The minimum Gasteiger partial charge on any atom is -0.324 e. The van der Waals surface area contributed by atoms with Crippen molar-refractivity contribution in [1.29, 1.82) is 0 Å². The standard InChI is InChI=1S/C15H19N3O2/c1-15(2)7-9(15)14(16)8-3-4-10-11(5-8)18-13(20)6-12(19)17-10/h3-5,9,14H,6-7,16H2,1-2H3,(H,17,19)(H,18,20). The quantitative estimate of drug-likeness (QED) is 0.721. The van der Waals surface area contributed by atoms with Crippen LogP contribution in [0.25, 0.3) is 0 Å². The van der Waals surface area contributed by atoms with Gasteiger partial charge in [0.1, 0.15) is 6.42 Å². The van der Waals surface area contributed by atoms with Crippen molar-refractivity contribution in [2.24, 2.45) is 17.1 Å². The van der Waals surface area contributed by atoms with Gasteiger partial charge in [0.05, 0.1) is 11.4 Å². The molecule has 0 spiro atoms. The average molecular weight is 273 g/mol. The summed E-state index contributed by atoms with van der Waals surface area (Å²) in [4.78, 5) is 23.1. The monoisotopic (exact) mass is 273 g/mol. The zero-order valence-corrected chi connectivity index (χ0v) is 11.7. The smallest absolute Gasteiger partial charge is 0.233 e. The highest BCUT2D eigenvalue weighted by Crippen LogP contribution is 2.57. The number of rotatable bonds is 2. The van der Waals surface area contributed by atoms with Gasteiger partial charge in [-0.15, -0.1) is 0 Å². The first-order valence-electron chi connectivity index (χ1n) is 6.86. The van der Waals surface area contributed by atoms with Gasteiger partial charge in [0.25, 0.3) is 0 Å². The maximum absolute atomic E-state index is 11.6. The van der Waals surface area contributed by atoms with E-state index in [0.717, 1.165) is 12.0 Å². The molecule has 1 heterocycles. The third kappa shape index (κ3) is 2.29. The van der Waals surface area contributed by atoms with E-state index in [1.54, 1.807) is 0 Å². The fourth-order valence-corrected chi connectivity index (χ4v) is 2.87. The molecule has 1 aliphatic carbocycles. The molecule has 0 saturated heterocycles. The molecule has 106 valence electrons. The van der Waals surface area contributed by atoms with Gasteiger partial charge in [0.2, 0.25) is 11.8 Å². The molecule has 1 aromatic carbocycles. The number of anilines is 2. The van der Waals surface area contributed by atoms with Gasteiger partial charge >= 0.3 is 0 Å². The van der Waals surface area contributed by atoms with Crippen molar-refractivity contribution in [3.8, 4) is 0 Å². The summed E-state index contributed by atoms with van der Waals surface area (Å²) in [6, 6.07) is 5.57. The van der Waals surface area contributed by atoms with Gasteiger partial charge in [0.15, 0.2) is 0 Å². The van der Waals surface area contributed by atoms with Gasteiger partial charge in [0, 0.05) is 6.04 Å². The third-order valence-electron chi connectivity index (χ3n) is 4.32. The lowest BCUT2D eigenvalue weighted by Crippen LogP contribution is -2.16. The van der Waals surface area contributed by atoms with E-state index < -0.39 is 0 Å². The average Bonchev–Trinajstić information content (AvgIpc) is 3.01. The van der Waals surface area contributed by atoms with Crippen LogP contribution in [0.2, 0.25) is 0 Å². The van der Waals surface area contributed by atoms with Crippen LogP contribution in [0.1, 0.15) is 38.3 Å². The molecule has 4 N–H and O–H groups in total. The van der Waals surface area contributed by atoms with Crippen molar-refractivity contribution in [2.75, 3.05) is 10.6 Å². The zero-order chi connectivity index (χ0) is 14.5. The lowest BCUT2D eigenvalue weighted by molar-refractivity contribution is -0.123. The van der Waals surface area contributed by atoms with Crippen LogP contribution in [-0.4, -0.2) is 11.8 Å². The van der Waals surface area contributed by atoms with Crippen LogP contribution in [0.3, 0.4) is 0 Å². The van der Waals surface area contributed by atoms with Crippen LogP contribution in [0.4, 0.5) is 11.4 Å². The molecular weight excluding hydrogens is 254 g/mol. The van der Waals surface area contributed by atoms with Crippen molar-refractivity contribution in [3.05, 3.63) is 23.8 Å². The van der Waals surface area contributed by atoms with Crippen molar-refractivity contribution in [1.82, 2.24) is 0 Å². The fraction of sp³-hybridized carbons (Fsp3) is 0.467. The molecule has 2 aliphatic rings. The van der Waals surface area contributed by atoms with Gasteiger partial charge in [-0.1, -0.05) is 19.9 Å². The van der Waals surface area contributed by atoms with Gasteiger partial charge in [-0.05, 0) is 35.4 Å². The Morgan fingerprint density at radius 1 is 1.20 bits per heavy atom. The lowest BCUT2D eigenvalue weighted by Gasteiger charge is -2.16. The highest BCUT2D eigenvalue weighted by molar-refractivity contribution is 6.13. The summed E-state index contributed by atoms with van der Waals surface area (Å²) in [6.45, 7) is 4.42. The maximum atomic E-state index is 11.6.